The lowest BCUT2D eigenvalue weighted by atomic mass is 10.1. The van der Waals surface area contributed by atoms with Crippen LogP contribution in [0.4, 0.5) is 0 Å². The van der Waals surface area contributed by atoms with Gasteiger partial charge >= 0.3 is 5.97 Å². The SMILES string of the molecule is CC1C(N2CCCC2)CCN1Cc1ccc(C(=O)O)cc1. The van der Waals surface area contributed by atoms with Crippen LogP contribution in [-0.4, -0.2) is 52.6 Å². The van der Waals surface area contributed by atoms with Crippen molar-refractivity contribution in [3.63, 3.8) is 0 Å². The van der Waals surface area contributed by atoms with Crippen molar-refractivity contribution in [2.45, 2.75) is 44.8 Å². The third kappa shape index (κ3) is 3.11. The van der Waals surface area contributed by atoms with Gasteiger partial charge in [0.05, 0.1) is 5.56 Å². The number of carboxylic acids is 1. The molecule has 2 saturated heterocycles. The van der Waals surface area contributed by atoms with Crippen LogP contribution in [0.15, 0.2) is 24.3 Å². The molecule has 1 N–H and O–H groups in total. The summed E-state index contributed by atoms with van der Waals surface area (Å²) < 4.78 is 0. The molecule has 114 valence electrons. The van der Waals surface area contributed by atoms with Gasteiger partial charge in [-0.15, -0.1) is 0 Å². The molecule has 1 aromatic rings. The summed E-state index contributed by atoms with van der Waals surface area (Å²) in [5.74, 6) is -0.856. The number of nitrogens with zero attached hydrogens (tertiary/aromatic N) is 2. The van der Waals surface area contributed by atoms with Crippen LogP contribution >= 0.6 is 0 Å². The molecule has 0 amide bonds. The Hall–Kier alpha value is -1.39. The Morgan fingerprint density at radius 3 is 2.48 bits per heavy atom. The van der Waals surface area contributed by atoms with Crippen molar-refractivity contribution in [2.24, 2.45) is 0 Å². The van der Waals surface area contributed by atoms with Crippen LogP contribution in [-0.2, 0) is 6.54 Å². The monoisotopic (exact) mass is 288 g/mol. The van der Waals surface area contributed by atoms with Gasteiger partial charge in [0.15, 0.2) is 0 Å². The van der Waals surface area contributed by atoms with Crippen LogP contribution < -0.4 is 0 Å². The maximum absolute atomic E-state index is 10.9. The van der Waals surface area contributed by atoms with Gasteiger partial charge in [-0.3, -0.25) is 9.80 Å². The molecule has 2 heterocycles. The van der Waals surface area contributed by atoms with E-state index in [1.807, 2.05) is 12.1 Å². The summed E-state index contributed by atoms with van der Waals surface area (Å²) in [4.78, 5) is 16.1. The van der Waals surface area contributed by atoms with Crippen LogP contribution in [0.25, 0.3) is 0 Å². The van der Waals surface area contributed by atoms with Crippen molar-refractivity contribution in [2.75, 3.05) is 19.6 Å². The van der Waals surface area contributed by atoms with Gasteiger partial charge in [-0.1, -0.05) is 12.1 Å². The van der Waals surface area contributed by atoms with Crippen molar-refractivity contribution in [3.05, 3.63) is 35.4 Å². The van der Waals surface area contributed by atoms with E-state index in [0.717, 1.165) is 13.1 Å². The van der Waals surface area contributed by atoms with Crippen LogP contribution in [0.2, 0.25) is 0 Å². The summed E-state index contributed by atoms with van der Waals surface area (Å²) in [7, 11) is 0. The number of rotatable bonds is 4. The first-order chi connectivity index (χ1) is 10.1. The van der Waals surface area contributed by atoms with Crippen molar-refractivity contribution < 1.29 is 9.90 Å². The Kier molecular flexibility index (Phi) is 4.27. The molecular formula is C17H24N2O2. The first-order valence-electron chi connectivity index (χ1n) is 7.95. The molecular weight excluding hydrogens is 264 g/mol. The number of hydrogen-bond acceptors (Lipinski definition) is 3. The second-order valence-electron chi connectivity index (χ2n) is 6.31. The van der Waals surface area contributed by atoms with Crippen molar-refractivity contribution >= 4 is 5.97 Å². The number of hydrogen-bond donors (Lipinski definition) is 1. The third-order valence-electron chi connectivity index (χ3n) is 5.04. The van der Waals surface area contributed by atoms with E-state index >= 15 is 0 Å². The third-order valence-corrected chi connectivity index (χ3v) is 5.04. The van der Waals surface area contributed by atoms with Crippen LogP contribution in [0.5, 0.6) is 0 Å². The van der Waals surface area contributed by atoms with Crippen molar-refractivity contribution in [3.8, 4) is 0 Å². The molecule has 2 aliphatic rings. The summed E-state index contributed by atoms with van der Waals surface area (Å²) in [6, 6.07) is 8.58. The van der Waals surface area contributed by atoms with Gasteiger partial charge in [-0.25, -0.2) is 4.79 Å². The smallest absolute Gasteiger partial charge is 0.335 e. The largest absolute Gasteiger partial charge is 0.478 e. The van der Waals surface area contributed by atoms with E-state index in [1.54, 1.807) is 12.1 Å². The quantitative estimate of drug-likeness (QED) is 0.924. The fourth-order valence-corrected chi connectivity index (χ4v) is 3.76. The lowest BCUT2D eigenvalue weighted by molar-refractivity contribution is 0.0697. The van der Waals surface area contributed by atoms with E-state index in [9.17, 15) is 4.79 Å². The lowest BCUT2D eigenvalue weighted by Gasteiger charge is -2.30. The van der Waals surface area contributed by atoms with Crippen molar-refractivity contribution in [1.29, 1.82) is 0 Å². The molecule has 0 radical (unpaired) electrons. The zero-order chi connectivity index (χ0) is 14.8. The topological polar surface area (TPSA) is 43.8 Å². The summed E-state index contributed by atoms with van der Waals surface area (Å²) in [5.41, 5.74) is 1.57. The highest BCUT2D eigenvalue weighted by molar-refractivity contribution is 5.87. The Morgan fingerprint density at radius 2 is 1.86 bits per heavy atom. The van der Waals surface area contributed by atoms with Crippen LogP contribution in [0, 0.1) is 0 Å². The van der Waals surface area contributed by atoms with Gasteiger partial charge in [-0.05, 0) is 57.0 Å². The summed E-state index contributed by atoms with van der Waals surface area (Å²) in [6.07, 6.45) is 3.95. The Morgan fingerprint density at radius 1 is 1.19 bits per heavy atom. The highest BCUT2D eigenvalue weighted by Crippen LogP contribution is 2.27. The summed E-state index contributed by atoms with van der Waals surface area (Å²) >= 11 is 0. The maximum Gasteiger partial charge on any atom is 0.335 e. The van der Waals surface area contributed by atoms with Crippen LogP contribution in [0.3, 0.4) is 0 Å². The van der Waals surface area contributed by atoms with Gasteiger partial charge in [0.25, 0.3) is 0 Å². The second-order valence-corrected chi connectivity index (χ2v) is 6.31. The zero-order valence-corrected chi connectivity index (χ0v) is 12.7. The summed E-state index contributed by atoms with van der Waals surface area (Å²) in [6.45, 7) is 6.92. The lowest BCUT2D eigenvalue weighted by Crippen LogP contribution is -2.41. The van der Waals surface area contributed by atoms with Gasteiger partial charge in [0.2, 0.25) is 0 Å². The zero-order valence-electron chi connectivity index (χ0n) is 12.7. The number of aromatic carboxylic acids is 1. The minimum Gasteiger partial charge on any atom is -0.478 e. The van der Waals surface area contributed by atoms with E-state index in [0.29, 0.717) is 17.6 Å². The number of carbonyl (C=O) groups is 1. The normalized spacial score (nSPS) is 27.3. The van der Waals surface area contributed by atoms with E-state index < -0.39 is 5.97 Å². The molecule has 0 bridgehead atoms. The standard InChI is InChI=1S/C17H24N2O2/c1-13-16(18-9-2-3-10-18)8-11-19(13)12-14-4-6-15(7-5-14)17(20)21/h4-7,13,16H,2-3,8-12H2,1H3,(H,20,21). The molecule has 21 heavy (non-hydrogen) atoms. The Labute approximate surface area is 126 Å². The minimum atomic E-state index is -0.856. The molecule has 0 aliphatic carbocycles. The van der Waals surface area contributed by atoms with E-state index in [1.165, 1.54) is 37.9 Å². The van der Waals surface area contributed by atoms with Gasteiger partial charge in [-0.2, -0.15) is 0 Å². The van der Waals surface area contributed by atoms with E-state index in [-0.39, 0.29) is 0 Å². The highest BCUT2D eigenvalue weighted by atomic mass is 16.4. The fraction of sp³-hybridized carbons (Fsp3) is 0.588. The molecule has 2 aliphatic heterocycles. The Bertz CT molecular complexity index is 494. The Balaban J connectivity index is 1.61. The average Bonchev–Trinajstić information content (AvgIpc) is 3.10. The first kappa shape index (κ1) is 14.5. The predicted molar refractivity (Wildman–Crippen MR) is 82.5 cm³/mol. The minimum absolute atomic E-state index is 0.364. The number of benzene rings is 1. The second kappa shape index (κ2) is 6.16. The highest BCUT2D eigenvalue weighted by Gasteiger charge is 2.35. The van der Waals surface area contributed by atoms with Gasteiger partial charge < -0.3 is 5.11 Å². The number of carboxylic acid groups (broad SMARTS) is 1. The molecule has 1 aromatic carbocycles. The molecule has 3 rings (SSSR count). The molecule has 0 saturated carbocycles. The molecule has 4 heteroatoms. The van der Waals surface area contributed by atoms with Gasteiger partial charge in [0.1, 0.15) is 0 Å². The van der Waals surface area contributed by atoms with Gasteiger partial charge in [0, 0.05) is 25.2 Å². The molecule has 0 aromatic heterocycles. The van der Waals surface area contributed by atoms with E-state index in [2.05, 4.69) is 16.7 Å². The predicted octanol–water partition coefficient (Wildman–Crippen LogP) is 2.44. The molecule has 2 atom stereocenters. The van der Waals surface area contributed by atoms with Crippen LogP contribution in [0.1, 0.15) is 42.1 Å². The molecule has 2 unspecified atom stereocenters. The molecule has 0 spiro atoms. The molecule has 2 fully saturated rings. The van der Waals surface area contributed by atoms with Crippen molar-refractivity contribution in [1.82, 2.24) is 9.80 Å². The average molecular weight is 288 g/mol. The van der Waals surface area contributed by atoms with E-state index in [4.69, 9.17) is 5.11 Å². The first-order valence-corrected chi connectivity index (χ1v) is 7.95. The summed E-state index contributed by atoms with van der Waals surface area (Å²) in [5, 5.41) is 8.94. The molecule has 4 nitrogen and oxygen atoms in total. The maximum atomic E-state index is 10.9. The number of likely N-dealkylation sites (tertiary alicyclic amines) is 2. The fourth-order valence-electron chi connectivity index (χ4n) is 3.76.